The topological polar surface area (TPSA) is 76.1 Å². The number of hydrogen-bond acceptors (Lipinski definition) is 4. The minimum atomic E-state index is -1.35. The number of hydrogen-bond donors (Lipinski definition) is 1. The van der Waals surface area contributed by atoms with Crippen LogP contribution in [0.15, 0.2) is 30.8 Å². The van der Waals surface area contributed by atoms with Gasteiger partial charge >= 0.3 is 12.1 Å². The summed E-state index contributed by atoms with van der Waals surface area (Å²) in [5.74, 6) is -1.07. The Morgan fingerprint density at radius 3 is 2.69 bits per heavy atom. The number of ether oxygens (including phenoxy) is 2. The van der Waals surface area contributed by atoms with Crippen LogP contribution in [0.2, 0.25) is 0 Å². The van der Waals surface area contributed by atoms with Gasteiger partial charge in [-0.1, -0.05) is 30.9 Å². The maximum absolute atomic E-state index is 12.5. The van der Waals surface area contributed by atoms with E-state index in [0.29, 0.717) is 6.61 Å². The van der Waals surface area contributed by atoms with Crippen LogP contribution in [-0.2, 0) is 20.9 Å². The molecule has 1 fully saturated rings. The van der Waals surface area contributed by atoms with Crippen LogP contribution in [0, 0.1) is 0 Å². The second kappa shape index (κ2) is 7.50. The summed E-state index contributed by atoms with van der Waals surface area (Å²) in [5.41, 5.74) is -0.0882. The van der Waals surface area contributed by atoms with Crippen LogP contribution in [-0.4, -0.2) is 45.9 Å². The van der Waals surface area contributed by atoms with Gasteiger partial charge in [0.1, 0.15) is 11.1 Å². The fourth-order valence-corrected chi connectivity index (χ4v) is 2.95. The van der Waals surface area contributed by atoms with Crippen molar-refractivity contribution in [2.24, 2.45) is 0 Å². The number of likely N-dealkylation sites (tertiary alicyclic amines) is 1. The Bertz CT molecular complexity index is 694. The van der Waals surface area contributed by atoms with Crippen molar-refractivity contribution >= 4 is 18.1 Å². The zero-order valence-electron chi connectivity index (χ0n) is 15.8. The normalized spacial score (nSPS) is 22.9. The first-order valence-corrected chi connectivity index (χ1v) is 8.62. The van der Waals surface area contributed by atoms with Crippen LogP contribution in [0.4, 0.5) is 4.79 Å². The van der Waals surface area contributed by atoms with E-state index < -0.39 is 23.2 Å². The molecule has 1 aliphatic heterocycles. The molecule has 2 rings (SSSR count). The number of aliphatic carboxylic acids is 1. The molecule has 1 aliphatic rings. The Morgan fingerprint density at radius 2 is 2.12 bits per heavy atom. The average molecular weight is 361 g/mol. The average Bonchev–Trinajstić information content (AvgIpc) is 2.90. The lowest BCUT2D eigenvalue weighted by Crippen LogP contribution is -2.52. The van der Waals surface area contributed by atoms with E-state index in [1.807, 2.05) is 24.3 Å². The Morgan fingerprint density at radius 1 is 1.42 bits per heavy atom. The van der Waals surface area contributed by atoms with Crippen LogP contribution in [0.3, 0.4) is 0 Å². The maximum atomic E-state index is 12.5. The molecular formula is C20H27NO5. The first-order chi connectivity index (χ1) is 12.0. The predicted octanol–water partition coefficient (Wildman–Crippen LogP) is 3.70. The SMILES string of the molecule is C=Cc1cccc(CO[C@H]2CN(C(=O)OC(C)(C)C)[C@](C)(C(=O)O)C2)c1. The van der Waals surface area contributed by atoms with E-state index in [0.717, 1.165) is 11.1 Å². The van der Waals surface area contributed by atoms with E-state index in [-0.39, 0.29) is 19.1 Å². The van der Waals surface area contributed by atoms with Crippen molar-refractivity contribution in [1.29, 1.82) is 0 Å². The van der Waals surface area contributed by atoms with E-state index in [4.69, 9.17) is 9.47 Å². The number of carbonyl (C=O) groups excluding carboxylic acids is 1. The summed E-state index contributed by atoms with van der Waals surface area (Å²) in [5, 5.41) is 9.65. The van der Waals surface area contributed by atoms with Gasteiger partial charge in [-0.15, -0.1) is 0 Å². The number of carboxylic acid groups (broad SMARTS) is 1. The molecule has 1 amide bonds. The summed E-state index contributed by atoms with van der Waals surface area (Å²) in [6.45, 7) is 11.0. The van der Waals surface area contributed by atoms with Crippen LogP contribution >= 0.6 is 0 Å². The first kappa shape index (κ1) is 20.0. The molecule has 1 aromatic carbocycles. The van der Waals surface area contributed by atoms with E-state index in [2.05, 4.69) is 6.58 Å². The smallest absolute Gasteiger partial charge is 0.411 e. The van der Waals surface area contributed by atoms with Crippen molar-refractivity contribution in [2.75, 3.05) is 6.54 Å². The maximum Gasteiger partial charge on any atom is 0.411 e. The third-order valence-electron chi connectivity index (χ3n) is 4.35. The molecule has 0 spiro atoms. The zero-order valence-corrected chi connectivity index (χ0v) is 15.8. The van der Waals surface area contributed by atoms with Crippen molar-refractivity contribution < 1.29 is 24.2 Å². The molecule has 1 saturated heterocycles. The molecule has 0 saturated carbocycles. The number of carbonyl (C=O) groups is 2. The molecule has 142 valence electrons. The molecular weight excluding hydrogens is 334 g/mol. The molecule has 0 unspecified atom stereocenters. The largest absolute Gasteiger partial charge is 0.480 e. The summed E-state index contributed by atoms with van der Waals surface area (Å²) < 4.78 is 11.3. The first-order valence-electron chi connectivity index (χ1n) is 8.62. The van der Waals surface area contributed by atoms with E-state index in [9.17, 15) is 14.7 Å². The fraction of sp³-hybridized carbons (Fsp3) is 0.500. The van der Waals surface area contributed by atoms with Crippen molar-refractivity contribution in [2.45, 2.75) is 58.0 Å². The molecule has 6 nitrogen and oxygen atoms in total. The van der Waals surface area contributed by atoms with Crippen LogP contribution < -0.4 is 0 Å². The summed E-state index contributed by atoms with van der Waals surface area (Å²) in [6, 6.07) is 7.75. The van der Waals surface area contributed by atoms with E-state index in [1.54, 1.807) is 26.8 Å². The number of benzene rings is 1. The highest BCUT2D eigenvalue weighted by molar-refractivity contribution is 5.85. The highest BCUT2D eigenvalue weighted by Gasteiger charge is 2.51. The molecule has 0 bridgehead atoms. The number of amides is 1. The fourth-order valence-electron chi connectivity index (χ4n) is 2.95. The lowest BCUT2D eigenvalue weighted by molar-refractivity contribution is -0.148. The van der Waals surface area contributed by atoms with Crippen molar-refractivity contribution in [3.63, 3.8) is 0 Å². The Hall–Kier alpha value is -2.34. The van der Waals surface area contributed by atoms with Gasteiger partial charge in [-0.2, -0.15) is 0 Å². The quantitative estimate of drug-likeness (QED) is 0.865. The van der Waals surface area contributed by atoms with Crippen LogP contribution in [0.25, 0.3) is 6.08 Å². The molecule has 0 aliphatic carbocycles. The predicted molar refractivity (Wildman–Crippen MR) is 98.7 cm³/mol. The summed E-state index contributed by atoms with van der Waals surface area (Å²) >= 11 is 0. The minimum absolute atomic E-state index is 0.179. The van der Waals surface area contributed by atoms with Gasteiger partial charge in [-0.3, -0.25) is 4.90 Å². The molecule has 1 N–H and O–H groups in total. The third kappa shape index (κ3) is 4.64. The molecule has 26 heavy (non-hydrogen) atoms. The lowest BCUT2D eigenvalue weighted by Gasteiger charge is -2.32. The standard InChI is InChI=1S/C20H27NO5/c1-6-14-8-7-9-15(10-14)13-25-16-11-20(5,17(22)23)21(12-16)18(24)26-19(2,3)4/h6-10,16H,1,11-13H2,2-5H3,(H,22,23)/t16-,20+/m1/s1. The van der Waals surface area contributed by atoms with Gasteiger partial charge < -0.3 is 14.6 Å². The number of rotatable bonds is 5. The van der Waals surface area contributed by atoms with Gasteiger partial charge in [-0.25, -0.2) is 9.59 Å². The second-order valence-corrected chi connectivity index (χ2v) is 7.76. The van der Waals surface area contributed by atoms with Gasteiger partial charge in [0.25, 0.3) is 0 Å². The van der Waals surface area contributed by atoms with Gasteiger partial charge in [0.05, 0.1) is 19.3 Å². The lowest BCUT2D eigenvalue weighted by atomic mass is 9.98. The second-order valence-electron chi connectivity index (χ2n) is 7.76. The van der Waals surface area contributed by atoms with Gasteiger partial charge in [0.2, 0.25) is 0 Å². The van der Waals surface area contributed by atoms with Crippen molar-refractivity contribution in [3.8, 4) is 0 Å². The molecule has 1 aromatic rings. The number of nitrogens with zero attached hydrogens (tertiary/aromatic N) is 1. The Kier molecular flexibility index (Phi) is 5.76. The zero-order chi connectivity index (χ0) is 19.5. The van der Waals surface area contributed by atoms with Gasteiger partial charge in [0.15, 0.2) is 0 Å². The van der Waals surface area contributed by atoms with Crippen LogP contribution in [0.1, 0.15) is 45.2 Å². The minimum Gasteiger partial charge on any atom is -0.480 e. The Balaban J connectivity index is 2.08. The summed E-state index contributed by atoms with van der Waals surface area (Å²) in [7, 11) is 0. The van der Waals surface area contributed by atoms with E-state index in [1.165, 1.54) is 11.8 Å². The van der Waals surface area contributed by atoms with Crippen molar-refractivity contribution in [3.05, 3.63) is 42.0 Å². The van der Waals surface area contributed by atoms with E-state index >= 15 is 0 Å². The molecule has 6 heteroatoms. The molecule has 0 radical (unpaired) electrons. The Labute approximate surface area is 154 Å². The highest BCUT2D eigenvalue weighted by atomic mass is 16.6. The number of carboxylic acids is 1. The van der Waals surface area contributed by atoms with Crippen molar-refractivity contribution in [1.82, 2.24) is 4.90 Å². The highest BCUT2D eigenvalue weighted by Crippen LogP contribution is 2.33. The molecule has 1 heterocycles. The molecule has 0 aromatic heterocycles. The third-order valence-corrected chi connectivity index (χ3v) is 4.35. The van der Waals surface area contributed by atoms with Gasteiger partial charge in [-0.05, 0) is 44.9 Å². The molecule has 2 atom stereocenters. The monoisotopic (exact) mass is 361 g/mol. The summed E-state index contributed by atoms with van der Waals surface area (Å²) in [6.07, 6.45) is 0.950. The van der Waals surface area contributed by atoms with Gasteiger partial charge in [0, 0.05) is 6.42 Å². The summed E-state index contributed by atoms with van der Waals surface area (Å²) in [4.78, 5) is 25.5. The van der Waals surface area contributed by atoms with Crippen LogP contribution in [0.5, 0.6) is 0 Å².